The third-order valence-electron chi connectivity index (χ3n) is 2.39. The largest absolute Gasteiger partial charge is 0.325 e. The number of anilines is 1. The Kier molecular flexibility index (Phi) is 4.87. The predicted molar refractivity (Wildman–Crippen MR) is 72.6 cm³/mol. The first kappa shape index (κ1) is 13.9. The van der Waals surface area contributed by atoms with Crippen LogP contribution in [0.2, 0.25) is 0 Å². The normalized spacial score (nSPS) is 12.3. The molecule has 0 aliphatic rings. The number of ketones is 1. The lowest BCUT2D eigenvalue weighted by atomic mass is 10.1. The van der Waals surface area contributed by atoms with Crippen LogP contribution < -0.4 is 5.32 Å². The maximum Gasteiger partial charge on any atom is 0.238 e. The van der Waals surface area contributed by atoms with Crippen molar-refractivity contribution in [2.45, 2.75) is 25.6 Å². The molecule has 0 bridgehead atoms. The Balaban J connectivity index is 2.70. The summed E-state index contributed by atoms with van der Waals surface area (Å²) in [4.78, 5) is 22.6. The Morgan fingerprint density at radius 2 is 1.71 bits per heavy atom. The molecule has 0 radical (unpaired) electrons. The van der Waals surface area contributed by atoms with Crippen LogP contribution in [0.3, 0.4) is 0 Å². The van der Waals surface area contributed by atoms with E-state index < -0.39 is 0 Å². The third kappa shape index (κ3) is 3.97. The van der Waals surface area contributed by atoms with Gasteiger partial charge in [-0.25, -0.2) is 0 Å². The van der Waals surface area contributed by atoms with E-state index in [1.54, 1.807) is 24.3 Å². The number of benzene rings is 1. The molecule has 0 aromatic heterocycles. The van der Waals surface area contributed by atoms with Crippen LogP contribution in [0.4, 0.5) is 5.69 Å². The molecule has 1 atom stereocenters. The molecule has 92 valence electrons. The Labute approximate surface area is 110 Å². The van der Waals surface area contributed by atoms with E-state index in [2.05, 4.69) is 21.2 Å². The SMILES string of the molecule is CC(=O)c1ccc(NC(=O)C(Br)C(C)C)cc1. The molecule has 0 aliphatic carbocycles. The summed E-state index contributed by atoms with van der Waals surface area (Å²) >= 11 is 3.34. The van der Waals surface area contributed by atoms with Crippen LogP contribution in [-0.2, 0) is 4.79 Å². The second-order valence-corrected chi connectivity index (χ2v) is 5.26. The zero-order valence-electron chi connectivity index (χ0n) is 10.2. The Morgan fingerprint density at radius 3 is 2.12 bits per heavy atom. The molecule has 0 aliphatic heterocycles. The molecule has 3 nitrogen and oxygen atoms in total. The quantitative estimate of drug-likeness (QED) is 0.685. The van der Waals surface area contributed by atoms with E-state index in [1.807, 2.05) is 13.8 Å². The molecule has 1 amide bonds. The average Bonchev–Trinajstić information content (AvgIpc) is 2.28. The lowest BCUT2D eigenvalue weighted by Crippen LogP contribution is -2.26. The fraction of sp³-hybridized carbons (Fsp3) is 0.385. The van der Waals surface area contributed by atoms with Crippen molar-refractivity contribution >= 4 is 33.3 Å². The zero-order valence-corrected chi connectivity index (χ0v) is 11.7. The molecule has 1 N–H and O–H groups in total. The van der Waals surface area contributed by atoms with Gasteiger partial charge in [-0.2, -0.15) is 0 Å². The van der Waals surface area contributed by atoms with Crippen molar-refractivity contribution in [1.82, 2.24) is 0 Å². The first-order valence-corrected chi connectivity index (χ1v) is 6.39. The summed E-state index contributed by atoms with van der Waals surface area (Å²) in [5.41, 5.74) is 1.34. The molecule has 0 spiro atoms. The van der Waals surface area contributed by atoms with Gasteiger partial charge < -0.3 is 5.32 Å². The lowest BCUT2D eigenvalue weighted by Gasteiger charge is -2.13. The molecule has 0 saturated carbocycles. The summed E-state index contributed by atoms with van der Waals surface area (Å²) in [5, 5.41) is 2.79. The van der Waals surface area contributed by atoms with E-state index in [0.717, 1.165) is 0 Å². The Morgan fingerprint density at radius 1 is 1.18 bits per heavy atom. The number of hydrogen-bond acceptors (Lipinski definition) is 2. The Hall–Kier alpha value is -1.16. The Bertz CT molecular complexity index is 412. The predicted octanol–water partition coefficient (Wildman–Crippen LogP) is 3.25. The second-order valence-electron chi connectivity index (χ2n) is 4.27. The van der Waals surface area contributed by atoms with E-state index >= 15 is 0 Å². The molecule has 0 saturated heterocycles. The standard InChI is InChI=1S/C13H16BrNO2/c1-8(2)12(14)13(17)15-11-6-4-10(5-7-11)9(3)16/h4-8,12H,1-3H3,(H,15,17). The van der Waals surface area contributed by atoms with Gasteiger partial charge in [0, 0.05) is 11.3 Å². The van der Waals surface area contributed by atoms with Gasteiger partial charge >= 0.3 is 0 Å². The van der Waals surface area contributed by atoms with Crippen LogP contribution >= 0.6 is 15.9 Å². The number of halogens is 1. The number of carbonyl (C=O) groups is 2. The van der Waals surface area contributed by atoms with Crippen LogP contribution in [0.1, 0.15) is 31.1 Å². The highest BCUT2D eigenvalue weighted by atomic mass is 79.9. The molecule has 1 aromatic rings. The number of rotatable bonds is 4. The van der Waals surface area contributed by atoms with E-state index in [9.17, 15) is 9.59 Å². The summed E-state index contributed by atoms with van der Waals surface area (Å²) in [7, 11) is 0. The second kappa shape index (κ2) is 5.96. The monoisotopic (exact) mass is 297 g/mol. The molecule has 4 heteroatoms. The minimum atomic E-state index is -0.213. The summed E-state index contributed by atoms with van der Waals surface area (Å²) in [5.74, 6) is 0.172. The highest BCUT2D eigenvalue weighted by Crippen LogP contribution is 2.16. The molecule has 0 heterocycles. The number of alkyl halides is 1. The molecule has 17 heavy (non-hydrogen) atoms. The van der Waals surface area contributed by atoms with Crippen molar-refractivity contribution in [3.8, 4) is 0 Å². The van der Waals surface area contributed by atoms with Gasteiger partial charge in [0.05, 0.1) is 4.83 Å². The fourth-order valence-electron chi connectivity index (χ4n) is 1.30. The number of hydrogen-bond donors (Lipinski definition) is 1. The first-order chi connectivity index (χ1) is 7.91. The minimum Gasteiger partial charge on any atom is -0.325 e. The number of amides is 1. The van der Waals surface area contributed by atoms with Crippen LogP contribution in [0.5, 0.6) is 0 Å². The number of Topliss-reactive ketones (excluding diaryl/α,β-unsaturated/α-hetero) is 1. The lowest BCUT2D eigenvalue weighted by molar-refractivity contribution is -0.116. The maximum absolute atomic E-state index is 11.7. The highest BCUT2D eigenvalue weighted by molar-refractivity contribution is 9.10. The smallest absolute Gasteiger partial charge is 0.238 e. The summed E-state index contributed by atoms with van der Waals surface area (Å²) in [6.45, 7) is 5.45. The van der Waals surface area contributed by atoms with Gasteiger partial charge in [0.2, 0.25) is 5.91 Å². The van der Waals surface area contributed by atoms with E-state index in [4.69, 9.17) is 0 Å². The first-order valence-electron chi connectivity index (χ1n) is 5.47. The molecular weight excluding hydrogens is 282 g/mol. The zero-order chi connectivity index (χ0) is 13.0. The highest BCUT2D eigenvalue weighted by Gasteiger charge is 2.18. The minimum absolute atomic E-state index is 0.0171. The molecule has 1 rings (SSSR count). The average molecular weight is 298 g/mol. The number of carbonyl (C=O) groups excluding carboxylic acids is 2. The van der Waals surface area contributed by atoms with Crippen molar-refractivity contribution in [1.29, 1.82) is 0 Å². The van der Waals surface area contributed by atoms with Gasteiger partial charge in [0.1, 0.15) is 0 Å². The molecule has 0 fully saturated rings. The summed E-state index contributed by atoms with van der Waals surface area (Å²) in [6.07, 6.45) is 0. The molecule has 1 unspecified atom stereocenters. The van der Waals surface area contributed by atoms with Crippen molar-refractivity contribution in [2.24, 2.45) is 5.92 Å². The van der Waals surface area contributed by atoms with Crippen molar-refractivity contribution in [3.63, 3.8) is 0 Å². The van der Waals surface area contributed by atoms with Gasteiger partial charge in [-0.1, -0.05) is 29.8 Å². The fourth-order valence-corrected chi connectivity index (χ4v) is 1.42. The molecular formula is C13H16BrNO2. The van der Waals surface area contributed by atoms with Crippen molar-refractivity contribution in [2.75, 3.05) is 5.32 Å². The number of nitrogens with one attached hydrogen (secondary N) is 1. The van der Waals surface area contributed by atoms with Crippen LogP contribution in [0.25, 0.3) is 0 Å². The molecule has 1 aromatic carbocycles. The summed E-state index contributed by atoms with van der Waals surface area (Å²) in [6, 6.07) is 6.87. The van der Waals surface area contributed by atoms with Gasteiger partial charge in [-0.15, -0.1) is 0 Å². The van der Waals surface area contributed by atoms with Crippen LogP contribution in [0.15, 0.2) is 24.3 Å². The van der Waals surface area contributed by atoms with Crippen molar-refractivity contribution in [3.05, 3.63) is 29.8 Å². The topological polar surface area (TPSA) is 46.2 Å². The van der Waals surface area contributed by atoms with E-state index in [-0.39, 0.29) is 22.4 Å². The third-order valence-corrected chi connectivity index (χ3v) is 3.87. The van der Waals surface area contributed by atoms with E-state index in [0.29, 0.717) is 11.3 Å². The summed E-state index contributed by atoms with van der Waals surface area (Å²) < 4.78 is 0. The maximum atomic E-state index is 11.7. The van der Waals surface area contributed by atoms with E-state index in [1.165, 1.54) is 6.92 Å². The van der Waals surface area contributed by atoms with Gasteiger partial charge in [0.15, 0.2) is 5.78 Å². The van der Waals surface area contributed by atoms with Gasteiger partial charge in [-0.3, -0.25) is 9.59 Å². The van der Waals surface area contributed by atoms with Crippen LogP contribution in [0, 0.1) is 5.92 Å². The van der Waals surface area contributed by atoms with Gasteiger partial charge in [0.25, 0.3) is 0 Å². The van der Waals surface area contributed by atoms with Gasteiger partial charge in [-0.05, 0) is 37.1 Å². The van der Waals surface area contributed by atoms with Crippen molar-refractivity contribution < 1.29 is 9.59 Å². The van der Waals surface area contributed by atoms with Crippen LogP contribution in [-0.4, -0.2) is 16.5 Å².